The van der Waals surface area contributed by atoms with Crippen LogP contribution >= 0.6 is 11.6 Å². The fraction of sp³-hybridized carbons (Fsp3) is 0.444. The number of fused-ring (bicyclic) bond motifs is 1. The Morgan fingerprint density at radius 2 is 2.26 bits per heavy atom. The Bertz CT molecular complexity index is 704. The summed E-state index contributed by atoms with van der Waals surface area (Å²) in [7, 11) is 0. The topological polar surface area (TPSA) is 45.2 Å². The number of carbonyl (C=O) groups is 1. The maximum atomic E-state index is 12.3. The molecule has 3 rings (SSSR count). The van der Waals surface area contributed by atoms with Crippen LogP contribution in [0.2, 0.25) is 5.15 Å². The molecule has 0 aliphatic carbocycles. The lowest BCUT2D eigenvalue weighted by Gasteiger charge is -2.30. The minimum atomic E-state index is -0.0353. The van der Waals surface area contributed by atoms with Crippen molar-refractivity contribution in [1.82, 2.24) is 15.2 Å². The highest BCUT2D eigenvalue weighted by Gasteiger charge is 2.16. The van der Waals surface area contributed by atoms with Crippen LogP contribution < -0.4 is 5.32 Å². The second-order valence-electron chi connectivity index (χ2n) is 6.35. The third kappa shape index (κ3) is 4.21. The average Bonchev–Trinajstić information content (AvgIpc) is 2.54. The number of nitrogens with one attached hydrogen (secondary N) is 1. The highest BCUT2D eigenvalue weighted by molar-refractivity contribution is 6.29. The van der Waals surface area contributed by atoms with Crippen LogP contribution in [0, 0.1) is 5.92 Å². The highest BCUT2D eigenvalue weighted by atomic mass is 35.5. The van der Waals surface area contributed by atoms with Crippen LogP contribution in [0.25, 0.3) is 10.9 Å². The molecule has 23 heavy (non-hydrogen) atoms. The number of halogens is 1. The number of pyridine rings is 1. The molecule has 1 unspecified atom stereocenters. The monoisotopic (exact) mass is 331 g/mol. The molecule has 5 heteroatoms. The molecule has 1 aliphatic rings. The first-order valence-electron chi connectivity index (χ1n) is 8.19. The third-order valence-corrected chi connectivity index (χ3v) is 4.58. The number of nitrogens with zero attached hydrogens (tertiary/aromatic N) is 2. The number of hydrogen-bond acceptors (Lipinski definition) is 3. The zero-order valence-corrected chi connectivity index (χ0v) is 14.1. The molecule has 122 valence electrons. The van der Waals surface area contributed by atoms with Crippen LogP contribution in [0.1, 0.15) is 30.1 Å². The molecular weight excluding hydrogens is 310 g/mol. The van der Waals surface area contributed by atoms with Crippen molar-refractivity contribution in [3.63, 3.8) is 0 Å². The van der Waals surface area contributed by atoms with E-state index in [4.69, 9.17) is 11.6 Å². The fourth-order valence-electron chi connectivity index (χ4n) is 3.16. The first-order valence-corrected chi connectivity index (χ1v) is 8.56. The van der Waals surface area contributed by atoms with Gasteiger partial charge in [-0.15, -0.1) is 0 Å². The van der Waals surface area contributed by atoms with Crippen molar-refractivity contribution >= 4 is 28.4 Å². The smallest absolute Gasteiger partial charge is 0.251 e. The first kappa shape index (κ1) is 16.2. The normalized spacial score (nSPS) is 19.0. The van der Waals surface area contributed by atoms with Crippen LogP contribution in [-0.4, -0.2) is 42.0 Å². The van der Waals surface area contributed by atoms with Crippen molar-refractivity contribution in [1.29, 1.82) is 0 Å². The molecule has 1 N–H and O–H groups in total. The van der Waals surface area contributed by atoms with Gasteiger partial charge in [0.2, 0.25) is 0 Å². The molecule has 2 aromatic rings. The molecule has 1 atom stereocenters. The van der Waals surface area contributed by atoms with Crippen molar-refractivity contribution in [3.8, 4) is 0 Å². The number of carbonyl (C=O) groups excluding carboxylic acids is 1. The van der Waals surface area contributed by atoms with Crippen LogP contribution in [0.15, 0.2) is 30.3 Å². The van der Waals surface area contributed by atoms with E-state index in [2.05, 4.69) is 22.1 Å². The third-order valence-electron chi connectivity index (χ3n) is 4.37. The number of hydrogen-bond donors (Lipinski definition) is 1. The first-order chi connectivity index (χ1) is 11.1. The number of piperidine rings is 1. The molecule has 0 spiro atoms. The maximum Gasteiger partial charge on any atom is 0.251 e. The van der Waals surface area contributed by atoms with E-state index in [1.165, 1.54) is 12.8 Å². The molecule has 2 heterocycles. The van der Waals surface area contributed by atoms with Crippen molar-refractivity contribution < 1.29 is 4.79 Å². The van der Waals surface area contributed by atoms with Gasteiger partial charge in [-0.05, 0) is 55.6 Å². The molecule has 0 saturated carbocycles. The van der Waals surface area contributed by atoms with E-state index in [1.54, 1.807) is 12.1 Å². The lowest BCUT2D eigenvalue weighted by atomic mass is 10.0. The summed E-state index contributed by atoms with van der Waals surface area (Å²) >= 11 is 5.88. The lowest BCUT2D eigenvalue weighted by molar-refractivity contribution is 0.0944. The number of aromatic nitrogens is 1. The van der Waals surface area contributed by atoms with E-state index >= 15 is 0 Å². The SMILES string of the molecule is CC1CCCN(CCNC(=O)c2ccc3nc(Cl)ccc3c2)C1. The Hall–Kier alpha value is -1.65. The van der Waals surface area contributed by atoms with E-state index in [0.717, 1.165) is 36.5 Å². The summed E-state index contributed by atoms with van der Waals surface area (Å²) in [5.74, 6) is 0.728. The zero-order valence-electron chi connectivity index (χ0n) is 13.4. The minimum absolute atomic E-state index is 0.0353. The van der Waals surface area contributed by atoms with Gasteiger partial charge in [0.25, 0.3) is 5.91 Å². The van der Waals surface area contributed by atoms with Gasteiger partial charge in [0.15, 0.2) is 0 Å². The molecule has 1 amide bonds. The quantitative estimate of drug-likeness (QED) is 0.874. The van der Waals surface area contributed by atoms with Gasteiger partial charge in [-0.3, -0.25) is 4.79 Å². The van der Waals surface area contributed by atoms with E-state index in [1.807, 2.05) is 18.2 Å². The van der Waals surface area contributed by atoms with Gasteiger partial charge in [-0.25, -0.2) is 4.98 Å². The van der Waals surface area contributed by atoms with E-state index in [-0.39, 0.29) is 5.91 Å². The van der Waals surface area contributed by atoms with Crippen LogP contribution in [-0.2, 0) is 0 Å². The summed E-state index contributed by atoms with van der Waals surface area (Å²) in [6.45, 7) is 6.17. The van der Waals surface area contributed by atoms with Gasteiger partial charge in [-0.2, -0.15) is 0 Å². The Morgan fingerprint density at radius 3 is 3.09 bits per heavy atom. The number of amides is 1. The summed E-state index contributed by atoms with van der Waals surface area (Å²) < 4.78 is 0. The van der Waals surface area contributed by atoms with Gasteiger partial charge in [0.1, 0.15) is 5.15 Å². The van der Waals surface area contributed by atoms with Gasteiger partial charge >= 0.3 is 0 Å². The van der Waals surface area contributed by atoms with E-state index < -0.39 is 0 Å². The Balaban J connectivity index is 1.56. The molecule has 0 radical (unpaired) electrons. The van der Waals surface area contributed by atoms with Gasteiger partial charge < -0.3 is 10.2 Å². The minimum Gasteiger partial charge on any atom is -0.351 e. The second-order valence-corrected chi connectivity index (χ2v) is 6.73. The predicted molar refractivity (Wildman–Crippen MR) is 93.9 cm³/mol. The van der Waals surface area contributed by atoms with Crippen LogP contribution in [0.4, 0.5) is 0 Å². The summed E-state index contributed by atoms with van der Waals surface area (Å²) in [6, 6.07) is 9.11. The molecule has 0 bridgehead atoms. The van der Waals surface area contributed by atoms with Crippen LogP contribution in [0.3, 0.4) is 0 Å². The molecule has 4 nitrogen and oxygen atoms in total. The van der Waals surface area contributed by atoms with Crippen molar-refractivity contribution in [2.24, 2.45) is 5.92 Å². The van der Waals surface area contributed by atoms with Crippen molar-refractivity contribution in [2.45, 2.75) is 19.8 Å². The predicted octanol–water partition coefficient (Wildman–Crippen LogP) is 3.35. The second kappa shape index (κ2) is 7.28. The van der Waals surface area contributed by atoms with E-state index in [0.29, 0.717) is 17.3 Å². The standard InChI is InChI=1S/C18H22ClN3O/c1-13-3-2-9-22(12-13)10-8-20-18(23)15-4-6-16-14(11-15)5-7-17(19)21-16/h4-7,11,13H,2-3,8-10,12H2,1H3,(H,20,23). The molecule has 1 aliphatic heterocycles. The Morgan fingerprint density at radius 1 is 1.39 bits per heavy atom. The molecule has 1 aromatic carbocycles. The van der Waals surface area contributed by atoms with Gasteiger partial charge in [-0.1, -0.05) is 18.5 Å². The van der Waals surface area contributed by atoms with Gasteiger partial charge in [0, 0.05) is 30.6 Å². The maximum absolute atomic E-state index is 12.3. The van der Waals surface area contributed by atoms with Crippen molar-refractivity contribution in [3.05, 3.63) is 41.0 Å². The Labute approximate surface area is 141 Å². The highest BCUT2D eigenvalue weighted by Crippen LogP contribution is 2.17. The average molecular weight is 332 g/mol. The number of likely N-dealkylation sites (tertiary alicyclic amines) is 1. The molecule has 1 aromatic heterocycles. The zero-order chi connectivity index (χ0) is 16.2. The van der Waals surface area contributed by atoms with E-state index in [9.17, 15) is 4.79 Å². The molecular formula is C18H22ClN3O. The summed E-state index contributed by atoms with van der Waals surface area (Å²) in [6.07, 6.45) is 2.58. The number of rotatable bonds is 4. The number of benzene rings is 1. The summed E-state index contributed by atoms with van der Waals surface area (Å²) in [4.78, 5) is 19.0. The summed E-state index contributed by atoms with van der Waals surface area (Å²) in [5, 5.41) is 4.40. The Kier molecular flexibility index (Phi) is 5.13. The molecule has 1 saturated heterocycles. The lowest BCUT2D eigenvalue weighted by Crippen LogP contribution is -2.40. The largest absolute Gasteiger partial charge is 0.351 e. The fourth-order valence-corrected chi connectivity index (χ4v) is 3.32. The molecule has 1 fully saturated rings. The van der Waals surface area contributed by atoms with Crippen molar-refractivity contribution in [2.75, 3.05) is 26.2 Å². The van der Waals surface area contributed by atoms with Crippen LogP contribution in [0.5, 0.6) is 0 Å². The van der Waals surface area contributed by atoms with Gasteiger partial charge in [0.05, 0.1) is 5.52 Å². The summed E-state index contributed by atoms with van der Waals surface area (Å²) in [5.41, 5.74) is 1.46.